The zero-order valence-electron chi connectivity index (χ0n) is 18.6. The lowest BCUT2D eigenvalue weighted by Gasteiger charge is -2.31. The second kappa shape index (κ2) is 8.47. The normalized spacial score (nSPS) is 14.8. The minimum atomic E-state index is -0.462. The van der Waals surface area contributed by atoms with Crippen molar-refractivity contribution in [1.82, 2.24) is 9.47 Å². The van der Waals surface area contributed by atoms with Gasteiger partial charge in [0.2, 0.25) is 0 Å². The zero-order valence-corrected chi connectivity index (χ0v) is 18.6. The molecule has 4 aromatic rings. The van der Waals surface area contributed by atoms with Crippen LogP contribution < -0.4 is 10.2 Å². The molecular formula is C27H25FN4O. The fourth-order valence-corrected chi connectivity index (χ4v) is 4.39. The van der Waals surface area contributed by atoms with Crippen LogP contribution in [-0.2, 0) is 6.54 Å². The summed E-state index contributed by atoms with van der Waals surface area (Å²) >= 11 is 0. The smallest absolute Gasteiger partial charge is 0.323 e. The summed E-state index contributed by atoms with van der Waals surface area (Å²) in [7, 11) is 3.99. The van der Waals surface area contributed by atoms with Gasteiger partial charge in [-0.15, -0.1) is 0 Å². The Bertz CT molecular complexity index is 1300. The maximum Gasteiger partial charge on any atom is 0.323 e. The average Bonchev–Trinajstić information content (AvgIpc) is 3.25. The van der Waals surface area contributed by atoms with E-state index in [1.807, 2.05) is 67.7 Å². The number of para-hydroxylation sites is 2. The highest BCUT2D eigenvalue weighted by Crippen LogP contribution is 2.37. The molecule has 0 spiro atoms. The van der Waals surface area contributed by atoms with Gasteiger partial charge in [-0.25, -0.2) is 9.18 Å². The van der Waals surface area contributed by atoms with Crippen molar-refractivity contribution in [3.63, 3.8) is 0 Å². The summed E-state index contributed by atoms with van der Waals surface area (Å²) in [4.78, 5) is 17.4. The monoisotopic (exact) mass is 440 g/mol. The Hall–Kier alpha value is -4.06. The van der Waals surface area contributed by atoms with Gasteiger partial charge in [0.25, 0.3) is 0 Å². The average molecular weight is 441 g/mol. The maximum absolute atomic E-state index is 14.3. The van der Waals surface area contributed by atoms with Crippen LogP contribution in [0.4, 0.5) is 20.6 Å². The van der Waals surface area contributed by atoms with Gasteiger partial charge >= 0.3 is 6.03 Å². The van der Waals surface area contributed by atoms with E-state index in [2.05, 4.69) is 28.1 Å². The topological polar surface area (TPSA) is 40.5 Å². The first-order chi connectivity index (χ1) is 16.0. The predicted octanol–water partition coefficient (Wildman–Crippen LogP) is 5.82. The summed E-state index contributed by atoms with van der Waals surface area (Å²) in [6.07, 6.45) is 2.02. The van der Waals surface area contributed by atoms with Gasteiger partial charge in [-0.1, -0.05) is 42.5 Å². The van der Waals surface area contributed by atoms with Gasteiger partial charge in [0, 0.05) is 31.7 Å². The van der Waals surface area contributed by atoms with Crippen molar-refractivity contribution in [1.29, 1.82) is 0 Å². The van der Waals surface area contributed by atoms with Crippen molar-refractivity contribution in [3.8, 4) is 5.69 Å². The Morgan fingerprint density at radius 3 is 2.42 bits per heavy atom. The SMILES string of the molecule is CN(C)c1ccc([C@H]2c3cccn3-c3ccccc3CN2C(=O)Nc2ccccc2F)cc1. The van der Waals surface area contributed by atoms with Crippen molar-refractivity contribution in [2.24, 2.45) is 0 Å². The van der Waals surface area contributed by atoms with Crippen molar-refractivity contribution < 1.29 is 9.18 Å². The molecule has 1 aromatic heterocycles. The summed E-state index contributed by atoms with van der Waals surface area (Å²) in [5.41, 5.74) is 5.25. The summed E-state index contributed by atoms with van der Waals surface area (Å²) in [6, 6.07) is 25.8. The minimum absolute atomic E-state index is 0.164. The molecule has 6 heteroatoms. The number of fused-ring (bicyclic) bond motifs is 3. The van der Waals surface area contributed by atoms with E-state index in [1.54, 1.807) is 23.1 Å². The molecule has 1 N–H and O–H groups in total. The van der Waals surface area contributed by atoms with Crippen LogP contribution >= 0.6 is 0 Å². The molecule has 5 rings (SSSR count). The highest BCUT2D eigenvalue weighted by atomic mass is 19.1. The number of rotatable bonds is 3. The van der Waals surface area contributed by atoms with Gasteiger partial charge in [-0.2, -0.15) is 0 Å². The van der Waals surface area contributed by atoms with Crippen molar-refractivity contribution in [2.75, 3.05) is 24.3 Å². The zero-order chi connectivity index (χ0) is 22.9. The van der Waals surface area contributed by atoms with Crippen LogP contribution in [0.25, 0.3) is 5.69 Å². The molecule has 1 atom stereocenters. The minimum Gasteiger partial charge on any atom is -0.378 e. The van der Waals surface area contributed by atoms with E-state index in [1.165, 1.54) is 6.07 Å². The Morgan fingerprint density at radius 2 is 1.67 bits per heavy atom. The summed E-state index contributed by atoms with van der Waals surface area (Å²) < 4.78 is 16.5. The first-order valence-electron chi connectivity index (χ1n) is 10.9. The second-order valence-electron chi connectivity index (χ2n) is 8.36. The quantitative estimate of drug-likeness (QED) is 0.436. The molecular weight excluding hydrogens is 415 g/mol. The number of hydrogen-bond donors (Lipinski definition) is 1. The summed E-state index contributed by atoms with van der Waals surface area (Å²) in [5, 5.41) is 2.79. The third kappa shape index (κ3) is 3.84. The number of halogens is 1. The molecule has 3 aromatic carbocycles. The van der Waals surface area contributed by atoms with Crippen LogP contribution in [0.3, 0.4) is 0 Å². The molecule has 1 aliphatic rings. The Balaban J connectivity index is 1.62. The number of carbonyl (C=O) groups excluding carboxylic acids is 1. The Labute approximate surface area is 192 Å². The third-order valence-electron chi connectivity index (χ3n) is 6.07. The van der Waals surface area contributed by atoms with E-state index in [0.717, 1.165) is 28.2 Å². The largest absolute Gasteiger partial charge is 0.378 e. The van der Waals surface area contributed by atoms with Crippen LogP contribution in [0.15, 0.2) is 91.1 Å². The van der Waals surface area contributed by atoms with E-state index in [0.29, 0.717) is 6.54 Å². The molecule has 2 amide bonds. The maximum atomic E-state index is 14.3. The number of carbonyl (C=O) groups is 1. The van der Waals surface area contributed by atoms with Gasteiger partial charge in [0.1, 0.15) is 5.82 Å². The number of benzene rings is 3. The Morgan fingerprint density at radius 1 is 0.939 bits per heavy atom. The van der Waals surface area contributed by atoms with E-state index >= 15 is 0 Å². The van der Waals surface area contributed by atoms with Gasteiger partial charge in [0.05, 0.1) is 24.0 Å². The molecule has 166 valence electrons. The number of aromatic nitrogens is 1. The van der Waals surface area contributed by atoms with Crippen LogP contribution in [0.2, 0.25) is 0 Å². The number of nitrogens with one attached hydrogen (secondary N) is 1. The lowest BCUT2D eigenvalue weighted by Crippen LogP contribution is -2.38. The highest BCUT2D eigenvalue weighted by Gasteiger charge is 2.33. The van der Waals surface area contributed by atoms with E-state index in [4.69, 9.17) is 0 Å². The molecule has 0 unspecified atom stereocenters. The standard InChI is InChI=1S/C27H25FN4O/c1-30(2)21-15-13-19(14-16-21)26-25-12-7-17-31(25)24-11-6-3-8-20(24)18-32(26)27(33)29-23-10-5-4-9-22(23)28/h3-17,26H,18H2,1-2H3,(H,29,33)/t26-/m0/s1. The van der Waals surface area contributed by atoms with Gasteiger partial charge in [-0.05, 0) is 53.6 Å². The predicted molar refractivity (Wildman–Crippen MR) is 129 cm³/mol. The second-order valence-corrected chi connectivity index (χ2v) is 8.36. The first-order valence-corrected chi connectivity index (χ1v) is 10.9. The summed E-state index contributed by atoms with van der Waals surface area (Å²) in [5.74, 6) is -0.462. The Kier molecular flexibility index (Phi) is 5.34. The van der Waals surface area contributed by atoms with Crippen LogP contribution in [0.5, 0.6) is 0 Å². The third-order valence-corrected chi connectivity index (χ3v) is 6.07. The molecule has 0 radical (unpaired) electrons. The van der Waals surface area contributed by atoms with E-state index in [9.17, 15) is 9.18 Å². The van der Waals surface area contributed by atoms with Crippen LogP contribution in [0, 0.1) is 5.82 Å². The van der Waals surface area contributed by atoms with E-state index in [-0.39, 0.29) is 17.8 Å². The van der Waals surface area contributed by atoms with Gasteiger partial charge < -0.3 is 19.7 Å². The van der Waals surface area contributed by atoms with Crippen LogP contribution in [0.1, 0.15) is 22.9 Å². The molecule has 0 aliphatic carbocycles. The van der Waals surface area contributed by atoms with Gasteiger partial charge in [0.15, 0.2) is 0 Å². The van der Waals surface area contributed by atoms with Crippen LogP contribution in [-0.4, -0.2) is 29.6 Å². The number of amides is 2. The van der Waals surface area contributed by atoms with E-state index < -0.39 is 5.82 Å². The number of anilines is 2. The highest BCUT2D eigenvalue weighted by molar-refractivity contribution is 5.90. The lowest BCUT2D eigenvalue weighted by molar-refractivity contribution is 0.194. The number of urea groups is 1. The fraction of sp³-hybridized carbons (Fsp3) is 0.148. The molecule has 0 fully saturated rings. The van der Waals surface area contributed by atoms with Crippen molar-refractivity contribution in [3.05, 3.63) is 114 Å². The molecule has 0 saturated carbocycles. The lowest BCUT2D eigenvalue weighted by atomic mass is 10.0. The molecule has 33 heavy (non-hydrogen) atoms. The van der Waals surface area contributed by atoms with Crippen molar-refractivity contribution in [2.45, 2.75) is 12.6 Å². The fourth-order valence-electron chi connectivity index (χ4n) is 4.39. The molecule has 1 aliphatic heterocycles. The molecule has 2 heterocycles. The number of hydrogen-bond acceptors (Lipinski definition) is 2. The summed E-state index contributed by atoms with van der Waals surface area (Å²) in [6.45, 7) is 0.387. The number of nitrogens with zero attached hydrogens (tertiary/aromatic N) is 3. The van der Waals surface area contributed by atoms with Gasteiger partial charge in [-0.3, -0.25) is 0 Å². The molecule has 5 nitrogen and oxygen atoms in total. The molecule has 0 bridgehead atoms. The first kappa shape index (κ1) is 20.8. The van der Waals surface area contributed by atoms with Crippen molar-refractivity contribution >= 4 is 17.4 Å². The molecule has 0 saturated heterocycles.